The number of hydrogen-bond acceptors (Lipinski definition) is 3. The van der Waals surface area contributed by atoms with Gasteiger partial charge in [0.1, 0.15) is 0 Å². The Bertz CT molecular complexity index is 643. The first kappa shape index (κ1) is 21.6. The Balaban J connectivity index is 1.64. The van der Waals surface area contributed by atoms with Gasteiger partial charge in [0.05, 0.1) is 18.3 Å². The minimum absolute atomic E-state index is 0.170. The second-order valence-electron chi connectivity index (χ2n) is 11.8. The molecule has 0 aliphatic heterocycles. The Morgan fingerprint density at radius 1 is 1.00 bits per heavy atom. The molecule has 4 aliphatic rings. The SMILES string of the molecule is CC[C@H]1[C@@H](O)[C@@H]2[C@H](CC[C@]3(C)[C@@H]([C@H](C)CCC#N)CC[C@@H]23)[C@@]2(C)CC[C@@H](O)C[C@@H]12. The summed E-state index contributed by atoms with van der Waals surface area (Å²) in [5.74, 6) is 3.80. The molecule has 3 heteroatoms. The number of nitriles is 1. The number of fused-ring (bicyclic) bond motifs is 5. The van der Waals surface area contributed by atoms with E-state index >= 15 is 0 Å². The molecule has 2 N–H and O–H groups in total. The topological polar surface area (TPSA) is 64.2 Å². The number of rotatable bonds is 4. The minimum atomic E-state index is -0.203. The fourth-order valence-electron chi connectivity index (χ4n) is 9.43. The highest BCUT2D eigenvalue weighted by molar-refractivity contribution is 5.13. The van der Waals surface area contributed by atoms with Gasteiger partial charge in [0.15, 0.2) is 0 Å². The Morgan fingerprint density at radius 3 is 2.38 bits per heavy atom. The molecule has 0 aromatic rings. The van der Waals surface area contributed by atoms with Crippen LogP contribution in [0.1, 0.15) is 91.9 Å². The van der Waals surface area contributed by atoms with Crippen LogP contribution in [-0.4, -0.2) is 22.4 Å². The number of aliphatic hydroxyl groups excluding tert-OH is 2. The van der Waals surface area contributed by atoms with Crippen LogP contribution in [0, 0.1) is 63.6 Å². The molecular weight excluding hydrogens is 358 g/mol. The fraction of sp³-hybridized carbons (Fsp3) is 0.962. The Labute approximate surface area is 178 Å². The van der Waals surface area contributed by atoms with Gasteiger partial charge in [-0.1, -0.05) is 34.1 Å². The van der Waals surface area contributed by atoms with E-state index in [9.17, 15) is 10.2 Å². The van der Waals surface area contributed by atoms with Crippen molar-refractivity contribution in [1.82, 2.24) is 0 Å². The molecule has 4 aliphatic carbocycles. The van der Waals surface area contributed by atoms with Crippen molar-refractivity contribution >= 4 is 0 Å². The van der Waals surface area contributed by atoms with E-state index in [1.165, 1.54) is 25.7 Å². The molecule has 0 unspecified atom stereocenters. The molecular formula is C26H43NO2. The third-order valence-corrected chi connectivity index (χ3v) is 10.9. The molecule has 164 valence electrons. The van der Waals surface area contributed by atoms with Crippen molar-refractivity contribution in [2.24, 2.45) is 52.3 Å². The van der Waals surface area contributed by atoms with E-state index in [1.54, 1.807) is 0 Å². The van der Waals surface area contributed by atoms with Crippen molar-refractivity contribution in [3.8, 4) is 6.07 Å². The summed E-state index contributed by atoms with van der Waals surface area (Å²) in [6, 6.07) is 2.35. The zero-order valence-corrected chi connectivity index (χ0v) is 19.1. The van der Waals surface area contributed by atoms with Crippen LogP contribution >= 0.6 is 0 Å². The first-order chi connectivity index (χ1) is 13.8. The lowest BCUT2D eigenvalue weighted by atomic mass is 9.41. The smallest absolute Gasteiger partial charge is 0.0621 e. The Morgan fingerprint density at radius 2 is 1.69 bits per heavy atom. The summed E-state index contributed by atoms with van der Waals surface area (Å²) >= 11 is 0. The van der Waals surface area contributed by atoms with Gasteiger partial charge in [0, 0.05) is 6.42 Å². The van der Waals surface area contributed by atoms with E-state index in [0.717, 1.165) is 32.1 Å². The molecule has 0 heterocycles. The first-order valence-corrected chi connectivity index (χ1v) is 12.5. The maximum absolute atomic E-state index is 11.7. The monoisotopic (exact) mass is 401 g/mol. The molecule has 0 bridgehead atoms. The summed E-state index contributed by atoms with van der Waals surface area (Å²) in [6.07, 6.45) is 10.4. The summed E-state index contributed by atoms with van der Waals surface area (Å²) < 4.78 is 0. The van der Waals surface area contributed by atoms with E-state index in [2.05, 4.69) is 33.8 Å². The molecule has 0 amide bonds. The summed E-state index contributed by atoms with van der Waals surface area (Å²) in [5, 5.41) is 31.2. The molecule has 4 fully saturated rings. The highest BCUT2D eigenvalue weighted by Crippen LogP contribution is 2.69. The van der Waals surface area contributed by atoms with Gasteiger partial charge in [-0.2, -0.15) is 5.26 Å². The summed E-state index contributed by atoms with van der Waals surface area (Å²) in [4.78, 5) is 0. The van der Waals surface area contributed by atoms with Crippen LogP contribution in [0.3, 0.4) is 0 Å². The molecule has 0 aromatic carbocycles. The van der Waals surface area contributed by atoms with Crippen molar-refractivity contribution < 1.29 is 10.2 Å². The van der Waals surface area contributed by atoms with Crippen LogP contribution in [0.5, 0.6) is 0 Å². The van der Waals surface area contributed by atoms with Gasteiger partial charge >= 0.3 is 0 Å². The van der Waals surface area contributed by atoms with Crippen molar-refractivity contribution in [2.45, 2.75) is 104 Å². The van der Waals surface area contributed by atoms with Crippen molar-refractivity contribution in [1.29, 1.82) is 5.26 Å². The quantitative estimate of drug-likeness (QED) is 0.649. The van der Waals surface area contributed by atoms with Gasteiger partial charge in [0.2, 0.25) is 0 Å². The Kier molecular flexibility index (Phi) is 5.84. The lowest BCUT2D eigenvalue weighted by Crippen LogP contribution is -2.62. The molecule has 11 atom stereocenters. The third kappa shape index (κ3) is 3.20. The Hall–Kier alpha value is -0.590. The third-order valence-electron chi connectivity index (χ3n) is 10.9. The average molecular weight is 402 g/mol. The van der Waals surface area contributed by atoms with E-state index in [4.69, 9.17) is 5.26 Å². The number of nitrogens with zero attached hydrogens (tertiary/aromatic N) is 1. The second-order valence-corrected chi connectivity index (χ2v) is 11.8. The van der Waals surface area contributed by atoms with Crippen LogP contribution in [0.15, 0.2) is 0 Å². The zero-order valence-electron chi connectivity index (χ0n) is 19.1. The maximum Gasteiger partial charge on any atom is 0.0621 e. The van der Waals surface area contributed by atoms with Crippen molar-refractivity contribution in [3.63, 3.8) is 0 Å². The van der Waals surface area contributed by atoms with E-state index < -0.39 is 0 Å². The van der Waals surface area contributed by atoms with Gasteiger partial charge in [0.25, 0.3) is 0 Å². The average Bonchev–Trinajstić information content (AvgIpc) is 3.05. The lowest BCUT2D eigenvalue weighted by Gasteiger charge is -2.64. The van der Waals surface area contributed by atoms with Gasteiger partial charge in [-0.15, -0.1) is 0 Å². The largest absolute Gasteiger partial charge is 0.393 e. The van der Waals surface area contributed by atoms with Gasteiger partial charge in [-0.25, -0.2) is 0 Å². The lowest BCUT2D eigenvalue weighted by molar-refractivity contribution is -0.203. The first-order valence-electron chi connectivity index (χ1n) is 12.5. The van der Waals surface area contributed by atoms with Crippen molar-refractivity contribution in [2.75, 3.05) is 0 Å². The van der Waals surface area contributed by atoms with E-state index in [1.807, 2.05) is 0 Å². The summed E-state index contributed by atoms with van der Waals surface area (Å²) in [6.45, 7) is 9.66. The maximum atomic E-state index is 11.7. The standard InChI is InChI=1S/C26H43NO2/c1-5-18-22-15-17(28)10-12-26(22,4)21-11-13-25(3)19(16(2)7-6-14-27)8-9-20(25)23(21)24(18)29/h16-24,28-29H,5-13,15H2,1-4H3/t16-,17-,18-,19-,20+,21+,22+,23+,24-,25-,26-/m1/s1. The van der Waals surface area contributed by atoms with Gasteiger partial charge in [-0.3, -0.25) is 0 Å². The predicted octanol–water partition coefficient (Wildman–Crippen LogP) is 5.55. The fourth-order valence-corrected chi connectivity index (χ4v) is 9.43. The van der Waals surface area contributed by atoms with Crippen molar-refractivity contribution in [3.05, 3.63) is 0 Å². The second kappa shape index (κ2) is 7.83. The highest BCUT2D eigenvalue weighted by Gasteiger charge is 2.64. The molecule has 0 radical (unpaired) electrons. The molecule has 3 nitrogen and oxygen atoms in total. The molecule has 29 heavy (non-hydrogen) atoms. The van der Waals surface area contributed by atoms with E-state index in [0.29, 0.717) is 53.3 Å². The summed E-state index contributed by atoms with van der Waals surface area (Å²) in [7, 11) is 0. The predicted molar refractivity (Wildman–Crippen MR) is 116 cm³/mol. The van der Waals surface area contributed by atoms with Crippen LogP contribution < -0.4 is 0 Å². The van der Waals surface area contributed by atoms with Gasteiger partial charge < -0.3 is 10.2 Å². The number of aliphatic hydroxyl groups is 2. The zero-order chi connectivity index (χ0) is 21.0. The van der Waals surface area contributed by atoms with Gasteiger partial charge in [-0.05, 0) is 104 Å². The van der Waals surface area contributed by atoms with E-state index in [-0.39, 0.29) is 17.6 Å². The summed E-state index contributed by atoms with van der Waals surface area (Å²) in [5.41, 5.74) is 0.613. The van der Waals surface area contributed by atoms with Crippen LogP contribution in [0.2, 0.25) is 0 Å². The molecule has 0 spiro atoms. The normalized spacial score (nSPS) is 52.7. The molecule has 4 saturated carbocycles. The molecule has 0 saturated heterocycles. The molecule has 4 rings (SSSR count). The van der Waals surface area contributed by atoms with Crippen LogP contribution in [0.4, 0.5) is 0 Å². The number of hydrogen-bond donors (Lipinski definition) is 2. The molecule has 0 aromatic heterocycles. The van der Waals surface area contributed by atoms with Crippen LogP contribution in [-0.2, 0) is 0 Å². The highest BCUT2D eigenvalue weighted by atomic mass is 16.3. The minimum Gasteiger partial charge on any atom is -0.393 e. The van der Waals surface area contributed by atoms with Crippen LogP contribution in [0.25, 0.3) is 0 Å².